The average Bonchev–Trinajstić information content (AvgIpc) is 1.85. The quantitative estimate of drug-likeness (QED) is 0.714. The van der Waals surface area contributed by atoms with Crippen molar-refractivity contribution in [3.8, 4) is 5.75 Å². The van der Waals surface area contributed by atoms with Gasteiger partial charge >= 0.3 is 0 Å². The van der Waals surface area contributed by atoms with Crippen LogP contribution in [0.3, 0.4) is 0 Å². The van der Waals surface area contributed by atoms with E-state index in [-0.39, 0.29) is 0 Å². The maximum absolute atomic E-state index is 9.20. The molecule has 0 aromatic heterocycles. The normalized spacial score (nSPS) is 10.1. The van der Waals surface area contributed by atoms with Gasteiger partial charge in [0.15, 0.2) is 0 Å². The van der Waals surface area contributed by atoms with E-state index in [2.05, 4.69) is 15.9 Å². The minimum absolute atomic E-state index is 0.352. The second-order valence-corrected chi connectivity index (χ2v) is 3.25. The van der Waals surface area contributed by atoms with Crippen molar-refractivity contribution in [1.29, 1.82) is 0 Å². The fraction of sp³-hybridized carbons (Fsp3) is 0.333. The summed E-state index contributed by atoms with van der Waals surface area (Å²) < 4.78 is 0. The highest BCUT2D eigenvalue weighted by atomic mass is 79.9. The molecule has 0 spiro atoms. The Balaban J connectivity index is 3.25. The zero-order chi connectivity index (χ0) is 8.43. The summed E-state index contributed by atoms with van der Waals surface area (Å²) in [6.45, 7) is 4.01. The third-order valence-electron chi connectivity index (χ3n) is 1.81. The van der Waals surface area contributed by atoms with Gasteiger partial charge in [0.25, 0.3) is 0 Å². The highest BCUT2D eigenvalue weighted by molar-refractivity contribution is 9.08. The number of hydrogen-bond donors (Lipinski definition) is 1. The maximum atomic E-state index is 9.20. The molecule has 0 unspecified atom stereocenters. The third kappa shape index (κ3) is 1.74. The fourth-order valence-corrected chi connectivity index (χ4v) is 2.07. The van der Waals surface area contributed by atoms with Crippen LogP contribution >= 0.6 is 15.9 Å². The SMILES string of the molecule is Cc1cc(O)cc(C)c1CBr. The fourth-order valence-electron chi connectivity index (χ4n) is 1.18. The van der Waals surface area contributed by atoms with Crippen LogP contribution in [0.4, 0.5) is 0 Å². The van der Waals surface area contributed by atoms with Crippen molar-refractivity contribution < 1.29 is 5.11 Å². The van der Waals surface area contributed by atoms with Gasteiger partial charge in [0.05, 0.1) is 0 Å². The van der Waals surface area contributed by atoms with Gasteiger partial charge in [0.1, 0.15) is 5.75 Å². The Morgan fingerprint density at radius 1 is 1.27 bits per heavy atom. The van der Waals surface area contributed by atoms with E-state index in [1.165, 1.54) is 5.56 Å². The van der Waals surface area contributed by atoms with Gasteiger partial charge < -0.3 is 5.11 Å². The lowest BCUT2D eigenvalue weighted by atomic mass is 10.0. The monoisotopic (exact) mass is 214 g/mol. The van der Waals surface area contributed by atoms with E-state index in [0.717, 1.165) is 16.5 Å². The van der Waals surface area contributed by atoms with Crippen molar-refractivity contribution in [2.45, 2.75) is 19.2 Å². The van der Waals surface area contributed by atoms with Gasteiger partial charge in [0.2, 0.25) is 0 Å². The molecular weight excluding hydrogens is 204 g/mol. The molecule has 0 atom stereocenters. The van der Waals surface area contributed by atoms with Crippen molar-refractivity contribution in [1.82, 2.24) is 0 Å². The lowest BCUT2D eigenvalue weighted by Gasteiger charge is -2.06. The standard InChI is InChI=1S/C9H11BrO/c1-6-3-8(11)4-7(2)9(6)5-10/h3-4,11H,5H2,1-2H3. The van der Waals surface area contributed by atoms with Gasteiger partial charge in [-0.15, -0.1) is 0 Å². The van der Waals surface area contributed by atoms with Crippen molar-refractivity contribution in [3.05, 3.63) is 28.8 Å². The predicted molar refractivity (Wildman–Crippen MR) is 50.2 cm³/mol. The third-order valence-corrected chi connectivity index (χ3v) is 2.38. The Kier molecular flexibility index (Phi) is 2.55. The first kappa shape index (κ1) is 8.60. The van der Waals surface area contributed by atoms with Crippen LogP contribution in [0, 0.1) is 13.8 Å². The summed E-state index contributed by atoms with van der Waals surface area (Å²) in [7, 11) is 0. The van der Waals surface area contributed by atoms with Crippen LogP contribution in [-0.4, -0.2) is 5.11 Å². The van der Waals surface area contributed by atoms with Crippen molar-refractivity contribution in [2.75, 3.05) is 0 Å². The maximum Gasteiger partial charge on any atom is 0.116 e. The van der Waals surface area contributed by atoms with Crippen LogP contribution in [0.25, 0.3) is 0 Å². The number of phenolic OH excluding ortho intramolecular Hbond substituents is 1. The average molecular weight is 215 g/mol. The molecule has 1 aromatic rings. The number of aromatic hydroxyl groups is 1. The lowest BCUT2D eigenvalue weighted by molar-refractivity contribution is 0.474. The van der Waals surface area contributed by atoms with Gasteiger partial charge in [-0.2, -0.15) is 0 Å². The van der Waals surface area contributed by atoms with Gasteiger partial charge in [0, 0.05) is 5.33 Å². The predicted octanol–water partition coefficient (Wildman–Crippen LogP) is 2.90. The first-order valence-electron chi connectivity index (χ1n) is 3.50. The number of rotatable bonds is 1. The van der Waals surface area contributed by atoms with E-state index >= 15 is 0 Å². The zero-order valence-electron chi connectivity index (χ0n) is 6.69. The minimum atomic E-state index is 0.352. The molecule has 0 aliphatic rings. The number of benzene rings is 1. The van der Waals surface area contributed by atoms with Crippen molar-refractivity contribution in [3.63, 3.8) is 0 Å². The molecular formula is C9H11BrO. The lowest BCUT2D eigenvalue weighted by Crippen LogP contribution is -1.88. The molecule has 0 fully saturated rings. The van der Waals surface area contributed by atoms with Gasteiger partial charge in [-0.25, -0.2) is 0 Å². The summed E-state index contributed by atoms with van der Waals surface area (Å²) >= 11 is 3.40. The van der Waals surface area contributed by atoms with Crippen LogP contribution < -0.4 is 0 Å². The van der Waals surface area contributed by atoms with Crippen LogP contribution in [0.15, 0.2) is 12.1 Å². The Labute approximate surface area is 75.2 Å². The van der Waals surface area contributed by atoms with E-state index in [1.807, 2.05) is 13.8 Å². The molecule has 60 valence electrons. The molecule has 11 heavy (non-hydrogen) atoms. The molecule has 0 saturated heterocycles. The summed E-state index contributed by atoms with van der Waals surface area (Å²) in [4.78, 5) is 0. The molecule has 1 aromatic carbocycles. The Morgan fingerprint density at radius 2 is 1.73 bits per heavy atom. The molecule has 1 N–H and O–H groups in total. The number of hydrogen-bond acceptors (Lipinski definition) is 1. The Hall–Kier alpha value is -0.500. The molecule has 0 heterocycles. The summed E-state index contributed by atoms with van der Waals surface area (Å²) in [6, 6.07) is 3.56. The molecule has 0 radical (unpaired) electrons. The summed E-state index contributed by atoms with van der Waals surface area (Å²) in [5.74, 6) is 0.352. The van der Waals surface area contributed by atoms with E-state index in [0.29, 0.717) is 5.75 Å². The van der Waals surface area contributed by atoms with E-state index in [4.69, 9.17) is 0 Å². The second kappa shape index (κ2) is 3.26. The van der Waals surface area contributed by atoms with Gasteiger partial charge in [-0.3, -0.25) is 0 Å². The summed E-state index contributed by atoms with van der Waals surface area (Å²) in [6.07, 6.45) is 0. The first-order valence-corrected chi connectivity index (χ1v) is 4.62. The van der Waals surface area contributed by atoms with Gasteiger partial charge in [-0.05, 0) is 42.7 Å². The first-order chi connectivity index (χ1) is 5.15. The van der Waals surface area contributed by atoms with Crippen molar-refractivity contribution >= 4 is 15.9 Å². The van der Waals surface area contributed by atoms with E-state index in [9.17, 15) is 5.11 Å². The molecule has 1 rings (SSSR count). The Bertz CT molecular complexity index is 245. The van der Waals surface area contributed by atoms with Crippen LogP contribution in [0.5, 0.6) is 5.75 Å². The molecule has 0 aliphatic carbocycles. The highest BCUT2D eigenvalue weighted by Gasteiger charge is 2.01. The summed E-state index contributed by atoms with van der Waals surface area (Å²) in [5.41, 5.74) is 3.54. The van der Waals surface area contributed by atoms with Crippen LogP contribution in [-0.2, 0) is 5.33 Å². The molecule has 0 saturated carbocycles. The minimum Gasteiger partial charge on any atom is -0.508 e. The largest absolute Gasteiger partial charge is 0.508 e. The Morgan fingerprint density at radius 3 is 2.09 bits per heavy atom. The van der Waals surface area contributed by atoms with Crippen molar-refractivity contribution in [2.24, 2.45) is 0 Å². The number of phenols is 1. The molecule has 0 aliphatic heterocycles. The highest BCUT2D eigenvalue weighted by Crippen LogP contribution is 2.22. The molecule has 0 amide bonds. The summed E-state index contributed by atoms with van der Waals surface area (Å²) in [5, 5.41) is 10.1. The van der Waals surface area contributed by atoms with Crippen LogP contribution in [0.2, 0.25) is 0 Å². The van der Waals surface area contributed by atoms with Gasteiger partial charge in [-0.1, -0.05) is 15.9 Å². The molecule has 1 nitrogen and oxygen atoms in total. The smallest absolute Gasteiger partial charge is 0.116 e. The number of aryl methyl sites for hydroxylation is 2. The second-order valence-electron chi connectivity index (χ2n) is 2.69. The zero-order valence-corrected chi connectivity index (χ0v) is 8.27. The number of halogens is 1. The van der Waals surface area contributed by atoms with E-state index < -0.39 is 0 Å². The molecule has 0 bridgehead atoms. The van der Waals surface area contributed by atoms with E-state index in [1.54, 1.807) is 12.1 Å². The molecule has 2 heteroatoms. The topological polar surface area (TPSA) is 20.2 Å². The number of alkyl halides is 1. The van der Waals surface area contributed by atoms with Crippen LogP contribution in [0.1, 0.15) is 16.7 Å².